The van der Waals surface area contributed by atoms with Gasteiger partial charge in [0.25, 0.3) is 0 Å². The van der Waals surface area contributed by atoms with E-state index in [1.54, 1.807) is 0 Å². The monoisotopic (exact) mass is 273 g/mol. The zero-order valence-electron chi connectivity index (χ0n) is 10.3. The van der Waals surface area contributed by atoms with Crippen molar-refractivity contribution in [1.82, 2.24) is 15.0 Å². The van der Waals surface area contributed by atoms with Gasteiger partial charge in [-0.3, -0.25) is 4.79 Å². The third-order valence-electron chi connectivity index (χ3n) is 1.88. The molecule has 0 bridgehead atoms. The Labute approximate surface area is 110 Å². The highest BCUT2D eigenvalue weighted by molar-refractivity contribution is 6.28. The highest BCUT2D eigenvalue weighted by Crippen LogP contribution is 2.10. The molecule has 1 heterocycles. The molecule has 0 spiro atoms. The third kappa shape index (κ3) is 5.62. The first-order valence-electron chi connectivity index (χ1n) is 5.61. The Morgan fingerprint density at radius 1 is 1.33 bits per heavy atom. The van der Waals surface area contributed by atoms with Gasteiger partial charge in [-0.05, 0) is 31.9 Å². The summed E-state index contributed by atoms with van der Waals surface area (Å²) in [5.74, 6) is -0.0954. The standard InChI is InChI=1S/C10H16ClN5O2/c1-6(2)13-10-15-8(11)14-9(16-10)12-5-3-4-7(17)18/h6H,3-5H2,1-2H3,(H,17,18)(H2,12,13,14,15,16). The molecule has 1 aromatic rings. The summed E-state index contributed by atoms with van der Waals surface area (Å²) in [6.45, 7) is 4.38. The maximum atomic E-state index is 10.3. The van der Waals surface area contributed by atoms with E-state index in [-0.39, 0.29) is 17.7 Å². The molecule has 0 saturated carbocycles. The van der Waals surface area contributed by atoms with Gasteiger partial charge in [0, 0.05) is 19.0 Å². The molecule has 0 aliphatic heterocycles. The van der Waals surface area contributed by atoms with E-state index in [9.17, 15) is 4.79 Å². The average Bonchev–Trinajstić information content (AvgIpc) is 2.22. The smallest absolute Gasteiger partial charge is 0.303 e. The van der Waals surface area contributed by atoms with Gasteiger partial charge in [-0.25, -0.2) is 0 Å². The quantitative estimate of drug-likeness (QED) is 0.649. The van der Waals surface area contributed by atoms with E-state index in [0.717, 1.165) is 0 Å². The summed E-state index contributed by atoms with van der Waals surface area (Å²) in [6.07, 6.45) is 0.592. The van der Waals surface area contributed by atoms with Gasteiger partial charge in [0.1, 0.15) is 0 Å². The highest BCUT2D eigenvalue weighted by atomic mass is 35.5. The average molecular weight is 274 g/mol. The van der Waals surface area contributed by atoms with Crippen LogP contribution in [-0.2, 0) is 4.79 Å². The minimum atomic E-state index is -0.826. The molecule has 8 heteroatoms. The highest BCUT2D eigenvalue weighted by Gasteiger charge is 2.05. The number of rotatable bonds is 7. The SMILES string of the molecule is CC(C)Nc1nc(Cl)nc(NCCCC(=O)O)n1. The number of hydrogen-bond acceptors (Lipinski definition) is 6. The van der Waals surface area contributed by atoms with Crippen molar-refractivity contribution >= 4 is 29.5 Å². The number of nitrogens with one attached hydrogen (secondary N) is 2. The Kier molecular flexibility index (Phi) is 5.57. The predicted molar refractivity (Wildman–Crippen MR) is 69.0 cm³/mol. The lowest BCUT2D eigenvalue weighted by Gasteiger charge is -2.09. The van der Waals surface area contributed by atoms with Crippen LogP contribution >= 0.6 is 11.6 Å². The molecular formula is C10H16ClN5O2. The number of carbonyl (C=O) groups is 1. The van der Waals surface area contributed by atoms with Crippen LogP contribution in [0.3, 0.4) is 0 Å². The molecule has 0 aliphatic carbocycles. The lowest BCUT2D eigenvalue weighted by atomic mass is 10.3. The zero-order chi connectivity index (χ0) is 13.5. The van der Waals surface area contributed by atoms with Crippen LogP contribution in [0.2, 0.25) is 5.28 Å². The zero-order valence-corrected chi connectivity index (χ0v) is 11.0. The molecule has 1 rings (SSSR count). The molecular weight excluding hydrogens is 258 g/mol. The second kappa shape index (κ2) is 6.95. The van der Waals surface area contributed by atoms with Crippen molar-refractivity contribution in [2.45, 2.75) is 32.7 Å². The number of halogens is 1. The van der Waals surface area contributed by atoms with E-state index < -0.39 is 5.97 Å². The summed E-state index contributed by atoms with van der Waals surface area (Å²) in [6, 6.07) is 0.184. The first-order valence-corrected chi connectivity index (χ1v) is 5.99. The molecule has 7 nitrogen and oxygen atoms in total. The summed E-state index contributed by atoms with van der Waals surface area (Å²) in [7, 11) is 0. The Morgan fingerprint density at radius 2 is 2.00 bits per heavy atom. The largest absolute Gasteiger partial charge is 0.481 e. The number of aliphatic carboxylic acids is 1. The number of aromatic nitrogens is 3. The summed E-state index contributed by atoms with van der Waals surface area (Å²) >= 11 is 5.76. The second-order valence-electron chi connectivity index (χ2n) is 3.97. The number of carboxylic acid groups (broad SMARTS) is 1. The third-order valence-corrected chi connectivity index (χ3v) is 2.05. The van der Waals surface area contributed by atoms with Gasteiger partial charge in [0.05, 0.1) is 0 Å². The molecule has 0 saturated heterocycles. The van der Waals surface area contributed by atoms with Crippen molar-refractivity contribution in [2.75, 3.05) is 17.2 Å². The predicted octanol–water partition coefficient (Wildman–Crippen LogP) is 1.62. The van der Waals surface area contributed by atoms with Crippen LogP contribution < -0.4 is 10.6 Å². The molecule has 18 heavy (non-hydrogen) atoms. The van der Waals surface area contributed by atoms with Crippen LogP contribution in [-0.4, -0.2) is 38.6 Å². The summed E-state index contributed by atoms with van der Waals surface area (Å²) in [5, 5.41) is 14.5. The van der Waals surface area contributed by atoms with Gasteiger partial charge in [-0.2, -0.15) is 15.0 Å². The molecule has 0 unspecified atom stereocenters. The van der Waals surface area contributed by atoms with Crippen molar-refractivity contribution in [3.63, 3.8) is 0 Å². The van der Waals surface area contributed by atoms with Crippen LogP contribution in [0, 0.1) is 0 Å². The summed E-state index contributed by atoms with van der Waals surface area (Å²) in [4.78, 5) is 22.3. The first-order chi connectivity index (χ1) is 8.47. The first kappa shape index (κ1) is 14.4. The Balaban J connectivity index is 2.54. The minimum Gasteiger partial charge on any atom is -0.481 e. The molecule has 0 radical (unpaired) electrons. The molecule has 3 N–H and O–H groups in total. The van der Waals surface area contributed by atoms with Gasteiger partial charge in [-0.1, -0.05) is 0 Å². The number of carboxylic acids is 1. The van der Waals surface area contributed by atoms with Crippen LogP contribution in [0.15, 0.2) is 0 Å². The van der Waals surface area contributed by atoms with Gasteiger partial charge in [0.2, 0.25) is 17.2 Å². The normalized spacial score (nSPS) is 10.4. The van der Waals surface area contributed by atoms with Crippen molar-refractivity contribution in [2.24, 2.45) is 0 Å². The number of hydrogen-bond donors (Lipinski definition) is 3. The summed E-state index contributed by atoms with van der Waals surface area (Å²) in [5.41, 5.74) is 0. The van der Waals surface area contributed by atoms with Crippen molar-refractivity contribution in [1.29, 1.82) is 0 Å². The van der Waals surface area contributed by atoms with Crippen LogP contribution in [0.4, 0.5) is 11.9 Å². The van der Waals surface area contributed by atoms with E-state index in [2.05, 4.69) is 25.6 Å². The Morgan fingerprint density at radius 3 is 2.61 bits per heavy atom. The topological polar surface area (TPSA) is 100 Å². The van der Waals surface area contributed by atoms with Gasteiger partial charge in [0.15, 0.2) is 0 Å². The van der Waals surface area contributed by atoms with E-state index in [0.29, 0.717) is 24.9 Å². The lowest BCUT2D eigenvalue weighted by molar-refractivity contribution is -0.137. The van der Waals surface area contributed by atoms with E-state index in [1.807, 2.05) is 13.8 Å². The van der Waals surface area contributed by atoms with E-state index in [1.165, 1.54) is 0 Å². The second-order valence-corrected chi connectivity index (χ2v) is 4.31. The molecule has 100 valence electrons. The Bertz CT molecular complexity index is 413. The lowest BCUT2D eigenvalue weighted by Crippen LogP contribution is -2.15. The van der Waals surface area contributed by atoms with Gasteiger partial charge < -0.3 is 15.7 Å². The van der Waals surface area contributed by atoms with Gasteiger partial charge in [-0.15, -0.1) is 0 Å². The molecule has 0 atom stereocenters. The van der Waals surface area contributed by atoms with Gasteiger partial charge >= 0.3 is 5.97 Å². The fourth-order valence-corrected chi connectivity index (χ4v) is 1.35. The molecule has 0 fully saturated rings. The van der Waals surface area contributed by atoms with Crippen LogP contribution in [0.1, 0.15) is 26.7 Å². The fourth-order valence-electron chi connectivity index (χ4n) is 1.19. The Hall–Kier alpha value is -1.63. The number of nitrogens with zero attached hydrogens (tertiary/aromatic N) is 3. The fraction of sp³-hybridized carbons (Fsp3) is 0.600. The molecule has 0 aliphatic rings. The van der Waals surface area contributed by atoms with Crippen LogP contribution in [0.25, 0.3) is 0 Å². The van der Waals surface area contributed by atoms with Crippen molar-refractivity contribution in [3.8, 4) is 0 Å². The maximum absolute atomic E-state index is 10.3. The maximum Gasteiger partial charge on any atom is 0.303 e. The number of anilines is 2. The van der Waals surface area contributed by atoms with E-state index >= 15 is 0 Å². The van der Waals surface area contributed by atoms with Crippen molar-refractivity contribution in [3.05, 3.63) is 5.28 Å². The minimum absolute atomic E-state index is 0.0916. The molecule has 0 aromatic carbocycles. The van der Waals surface area contributed by atoms with Crippen LogP contribution in [0.5, 0.6) is 0 Å². The van der Waals surface area contributed by atoms with E-state index in [4.69, 9.17) is 16.7 Å². The molecule has 0 amide bonds. The summed E-state index contributed by atoms with van der Waals surface area (Å²) < 4.78 is 0. The van der Waals surface area contributed by atoms with Crippen molar-refractivity contribution < 1.29 is 9.90 Å². The molecule has 1 aromatic heterocycles.